The van der Waals surface area contributed by atoms with E-state index in [-0.39, 0.29) is 11.3 Å². The molecule has 6 nitrogen and oxygen atoms in total. The summed E-state index contributed by atoms with van der Waals surface area (Å²) in [6, 6.07) is 4.65. The van der Waals surface area contributed by atoms with Gasteiger partial charge in [0.15, 0.2) is 17.3 Å². The van der Waals surface area contributed by atoms with Gasteiger partial charge in [-0.2, -0.15) is 18.3 Å². The molecule has 0 spiro atoms. The van der Waals surface area contributed by atoms with Crippen molar-refractivity contribution in [2.24, 2.45) is 7.05 Å². The van der Waals surface area contributed by atoms with Crippen molar-refractivity contribution in [1.29, 1.82) is 0 Å². The fourth-order valence-electron chi connectivity index (χ4n) is 2.45. The second-order valence-corrected chi connectivity index (χ2v) is 5.68. The third kappa shape index (κ3) is 3.63. The maximum atomic E-state index is 13.6. The van der Waals surface area contributed by atoms with Gasteiger partial charge >= 0.3 is 6.18 Å². The van der Waals surface area contributed by atoms with Gasteiger partial charge in [0.25, 0.3) is 5.91 Å². The first-order chi connectivity index (χ1) is 13.1. The normalized spacial score (nSPS) is 11.5. The lowest BCUT2D eigenvalue weighted by Gasteiger charge is -2.09. The summed E-state index contributed by atoms with van der Waals surface area (Å²) in [6.07, 6.45) is -3.58. The van der Waals surface area contributed by atoms with Gasteiger partial charge in [0.2, 0.25) is 0 Å². The molecular weight excluding hydrogens is 387 g/mol. The molecule has 1 aromatic carbocycles. The summed E-state index contributed by atoms with van der Waals surface area (Å²) in [4.78, 5) is 15.8. The minimum absolute atomic E-state index is 0.00755. The monoisotopic (exact) mass is 398 g/mol. The van der Waals surface area contributed by atoms with E-state index >= 15 is 0 Å². The zero-order chi connectivity index (χ0) is 20.6. The number of aryl methyl sites for hydroxylation is 1. The first-order valence-electron chi connectivity index (χ1n) is 7.64. The van der Waals surface area contributed by atoms with Crippen LogP contribution < -0.4 is 5.32 Å². The molecule has 28 heavy (non-hydrogen) atoms. The molecule has 3 aromatic rings. The molecule has 2 aromatic heterocycles. The number of rotatable bonds is 3. The zero-order valence-corrected chi connectivity index (χ0v) is 14.1. The van der Waals surface area contributed by atoms with Crippen molar-refractivity contribution < 1.29 is 31.9 Å². The molecule has 11 heteroatoms. The van der Waals surface area contributed by atoms with Crippen LogP contribution >= 0.6 is 0 Å². The van der Waals surface area contributed by atoms with Crippen molar-refractivity contribution in [2.45, 2.75) is 6.18 Å². The molecule has 0 fully saturated rings. The highest BCUT2D eigenvalue weighted by Gasteiger charge is 2.34. The molecule has 3 rings (SSSR count). The standard InChI is InChI=1S/C17H11F5N4O2/c1-26-11(6-13(25-26)17(20,21)22)8-5-12(27)15(23-7-8)24-16(28)14-9(18)3-2-4-10(14)19/h2-7,27H,1H3,(H,23,24,28). The van der Waals surface area contributed by atoms with Crippen LogP contribution in [-0.4, -0.2) is 25.8 Å². The van der Waals surface area contributed by atoms with Crippen molar-refractivity contribution in [3.63, 3.8) is 0 Å². The number of anilines is 1. The number of hydrogen-bond acceptors (Lipinski definition) is 4. The summed E-state index contributed by atoms with van der Waals surface area (Å²) in [5.41, 5.74) is -1.91. The van der Waals surface area contributed by atoms with Gasteiger partial charge in [0, 0.05) is 18.8 Å². The lowest BCUT2D eigenvalue weighted by Crippen LogP contribution is -2.16. The summed E-state index contributed by atoms with van der Waals surface area (Å²) in [6.45, 7) is 0. The van der Waals surface area contributed by atoms with Gasteiger partial charge in [-0.25, -0.2) is 13.8 Å². The van der Waals surface area contributed by atoms with Crippen LogP contribution in [0.4, 0.5) is 27.8 Å². The Morgan fingerprint density at radius 2 is 1.82 bits per heavy atom. The average Bonchev–Trinajstić information content (AvgIpc) is 2.99. The SMILES string of the molecule is Cn1nc(C(F)(F)F)cc1-c1cnc(NC(=O)c2c(F)cccc2F)c(O)c1. The number of carbonyl (C=O) groups is 1. The smallest absolute Gasteiger partial charge is 0.435 e. The second kappa shape index (κ2) is 6.91. The minimum Gasteiger partial charge on any atom is -0.504 e. The number of halogens is 5. The van der Waals surface area contributed by atoms with Crippen LogP contribution in [0.3, 0.4) is 0 Å². The predicted molar refractivity (Wildman–Crippen MR) is 87.4 cm³/mol. The van der Waals surface area contributed by atoms with Gasteiger partial charge in [-0.3, -0.25) is 9.48 Å². The van der Waals surface area contributed by atoms with Gasteiger partial charge in [0.1, 0.15) is 17.2 Å². The van der Waals surface area contributed by atoms with Crippen LogP contribution in [0.1, 0.15) is 16.1 Å². The number of carbonyl (C=O) groups excluding carboxylic acids is 1. The van der Waals surface area contributed by atoms with Crippen LogP contribution in [0.2, 0.25) is 0 Å². The molecule has 2 heterocycles. The Hall–Kier alpha value is -3.50. The van der Waals surface area contributed by atoms with Crippen molar-refractivity contribution in [3.05, 3.63) is 59.4 Å². The Bertz CT molecular complexity index is 1040. The van der Waals surface area contributed by atoms with Crippen LogP contribution in [0.5, 0.6) is 5.75 Å². The maximum absolute atomic E-state index is 13.6. The van der Waals surface area contributed by atoms with E-state index in [4.69, 9.17) is 0 Å². The Morgan fingerprint density at radius 1 is 1.18 bits per heavy atom. The fourth-order valence-corrected chi connectivity index (χ4v) is 2.45. The minimum atomic E-state index is -4.65. The highest BCUT2D eigenvalue weighted by molar-refractivity contribution is 6.04. The van der Waals surface area contributed by atoms with Gasteiger partial charge in [-0.1, -0.05) is 6.07 Å². The van der Waals surface area contributed by atoms with E-state index in [1.807, 2.05) is 5.32 Å². The highest BCUT2D eigenvalue weighted by atomic mass is 19.4. The van der Waals surface area contributed by atoms with Crippen molar-refractivity contribution in [2.75, 3.05) is 5.32 Å². The summed E-state index contributed by atoms with van der Waals surface area (Å²) in [5.74, 6) is -4.44. The number of aromatic hydroxyl groups is 1. The zero-order valence-electron chi connectivity index (χ0n) is 14.1. The topological polar surface area (TPSA) is 80.0 Å². The summed E-state index contributed by atoms with van der Waals surface area (Å²) >= 11 is 0. The molecule has 146 valence electrons. The molecule has 0 saturated carbocycles. The Labute approximate surface area is 154 Å². The lowest BCUT2D eigenvalue weighted by atomic mass is 10.1. The average molecular weight is 398 g/mol. The number of benzene rings is 1. The number of aromatic nitrogens is 3. The van der Waals surface area contributed by atoms with Gasteiger partial charge in [-0.05, 0) is 24.3 Å². The van der Waals surface area contributed by atoms with E-state index < -0.39 is 46.5 Å². The summed E-state index contributed by atoms with van der Waals surface area (Å²) < 4.78 is 66.5. The third-order valence-corrected chi connectivity index (χ3v) is 3.76. The third-order valence-electron chi connectivity index (χ3n) is 3.76. The van der Waals surface area contributed by atoms with Crippen molar-refractivity contribution in [1.82, 2.24) is 14.8 Å². The number of alkyl halides is 3. The van der Waals surface area contributed by atoms with Crippen LogP contribution in [-0.2, 0) is 13.2 Å². The Balaban J connectivity index is 1.90. The van der Waals surface area contributed by atoms with E-state index in [2.05, 4.69) is 10.1 Å². The summed E-state index contributed by atoms with van der Waals surface area (Å²) in [7, 11) is 1.28. The van der Waals surface area contributed by atoms with Crippen LogP contribution in [0, 0.1) is 11.6 Å². The molecule has 0 atom stereocenters. The Morgan fingerprint density at radius 3 is 2.36 bits per heavy atom. The molecule has 1 amide bonds. The lowest BCUT2D eigenvalue weighted by molar-refractivity contribution is -0.141. The fraction of sp³-hybridized carbons (Fsp3) is 0.118. The number of amides is 1. The molecule has 0 aliphatic heterocycles. The van der Waals surface area contributed by atoms with E-state index in [0.29, 0.717) is 0 Å². The number of pyridine rings is 1. The number of nitrogens with zero attached hydrogens (tertiary/aromatic N) is 3. The van der Waals surface area contributed by atoms with E-state index in [1.165, 1.54) is 7.05 Å². The van der Waals surface area contributed by atoms with Gasteiger partial charge < -0.3 is 10.4 Å². The van der Waals surface area contributed by atoms with Gasteiger partial charge in [-0.15, -0.1) is 0 Å². The van der Waals surface area contributed by atoms with E-state index in [1.54, 1.807) is 0 Å². The molecule has 0 bridgehead atoms. The number of hydrogen-bond donors (Lipinski definition) is 2. The molecule has 0 saturated heterocycles. The maximum Gasteiger partial charge on any atom is 0.435 e. The van der Waals surface area contributed by atoms with Gasteiger partial charge in [0.05, 0.1) is 5.69 Å². The molecule has 0 unspecified atom stereocenters. The highest BCUT2D eigenvalue weighted by Crippen LogP contribution is 2.33. The Kier molecular flexibility index (Phi) is 4.75. The van der Waals surface area contributed by atoms with Crippen LogP contribution in [0.15, 0.2) is 36.5 Å². The number of nitrogens with one attached hydrogen (secondary N) is 1. The van der Waals surface area contributed by atoms with E-state index in [0.717, 1.165) is 41.2 Å². The molecule has 0 aliphatic rings. The predicted octanol–water partition coefficient (Wildman–Crippen LogP) is 3.74. The quantitative estimate of drug-likeness (QED) is 0.659. The molecule has 0 aliphatic carbocycles. The molecule has 0 radical (unpaired) electrons. The molecule has 2 N–H and O–H groups in total. The first kappa shape index (κ1) is 19.3. The largest absolute Gasteiger partial charge is 0.504 e. The summed E-state index contributed by atoms with van der Waals surface area (Å²) in [5, 5.41) is 15.4. The van der Waals surface area contributed by atoms with Crippen molar-refractivity contribution in [3.8, 4) is 17.0 Å². The van der Waals surface area contributed by atoms with E-state index in [9.17, 15) is 31.9 Å². The van der Waals surface area contributed by atoms with Crippen LogP contribution in [0.25, 0.3) is 11.3 Å². The van der Waals surface area contributed by atoms with Crippen molar-refractivity contribution >= 4 is 11.7 Å². The first-order valence-corrected chi connectivity index (χ1v) is 7.64. The molecular formula is C17H11F5N4O2. The second-order valence-electron chi connectivity index (χ2n) is 5.68.